The first-order valence-electron chi connectivity index (χ1n) is 9.74. The van der Waals surface area contributed by atoms with Crippen molar-refractivity contribution in [3.63, 3.8) is 0 Å². The van der Waals surface area contributed by atoms with Crippen LogP contribution < -0.4 is 4.74 Å². The second kappa shape index (κ2) is 9.38. The molecule has 1 aliphatic rings. The minimum atomic E-state index is -0.0526. The molecular formula is C23H27N3O2. The predicted molar refractivity (Wildman–Crippen MR) is 110 cm³/mol. The van der Waals surface area contributed by atoms with Crippen molar-refractivity contribution in [3.8, 4) is 22.9 Å². The van der Waals surface area contributed by atoms with E-state index in [9.17, 15) is 4.79 Å². The third-order valence-corrected chi connectivity index (χ3v) is 5.02. The Morgan fingerprint density at radius 1 is 1.21 bits per heavy atom. The number of hydrogen-bond acceptors (Lipinski definition) is 4. The zero-order valence-corrected chi connectivity index (χ0v) is 16.6. The molecule has 0 N–H and O–H groups in total. The van der Waals surface area contributed by atoms with Crippen LogP contribution in [0.15, 0.2) is 48.5 Å². The molecule has 1 atom stereocenters. The second-order valence-electron chi connectivity index (χ2n) is 7.44. The predicted octanol–water partition coefficient (Wildman–Crippen LogP) is 3.67. The average Bonchev–Trinajstić information content (AvgIpc) is 2.73. The van der Waals surface area contributed by atoms with E-state index in [2.05, 4.69) is 11.0 Å². The number of rotatable bonds is 6. The van der Waals surface area contributed by atoms with Gasteiger partial charge in [-0.25, -0.2) is 0 Å². The molecule has 0 saturated carbocycles. The van der Waals surface area contributed by atoms with E-state index in [1.54, 1.807) is 4.90 Å². The Labute approximate surface area is 167 Å². The minimum Gasteiger partial charge on any atom is -0.492 e. The summed E-state index contributed by atoms with van der Waals surface area (Å²) in [5, 5.41) is 9.14. The number of carbonyl (C=O) groups excluding carboxylic acids is 1. The molecule has 3 rings (SSSR count). The number of likely N-dealkylation sites (tertiary alicyclic amines) is 1. The van der Waals surface area contributed by atoms with Crippen LogP contribution in [-0.2, 0) is 0 Å². The highest BCUT2D eigenvalue weighted by Gasteiger charge is 2.24. The lowest BCUT2D eigenvalue weighted by Crippen LogP contribution is -2.39. The van der Waals surface area contributed by atoms with Gasteiger partial charge in [0.1, 0.15) is 12.4 Å². The van der Waals surface area contributed by atoms with Crippen molar-refractivity contribution in [3.05, 3.63) is 54.1 Å². The zero-order valence-electron chi connectivity index (χ0n) is 16.6. The quantitative estimate of drug-likeness (QED) is 0.771. The molecule has 146 valence electrons. The fraction of sp³-hybridized carbons (Fsp3) is 0.391. The summed E-state index contributed by atoms with van der Waals surface area (Å²) in [6.45, 7) is 2.72. The molecular weight excluding hydrogens is 350 g/mol. The normalized spacial score (nSPS) is 16.6. The summed E-state index contributed by atoms with van der Waals surface area (Å²) in [5.41, 5.74) is 2.70. The molecule has 0 aliphatic carbocycles. The number of amides is 1. The summed E-state index contributed by atoms with van der Waals surface area (Å²) in [4.78, 5) is 16.6. The number of carbonyl (C=O) groups is 1. The summed E-state index contributed by atoms with van der Waals surface area (Å²) in [6, 6.07) is 17.9. The maximum Gasteiger partial charge on any atom is 0.253 e. The summed E-state index contributed by atoms with van der Waals surface area (Å²) in [6.07, 6.45) is 1.77. The van der Waals surface area contributed by atoms with Gasteiger partial charge in [0, 0.05) is 30.8 Å². The van der Waals surface area contributed by atoms with Gasteiger partial charge >= 0.3 is 0 Å². The van der Waals surface area contributed by atoms with Crippen LogP contribution in [0.2, 0.25) is 0 Å². The number of para-hydroxylation sites is 1. The van der Waals surface area contributed by atoms with Gasteiger partial charge in [0.05, 0.1) is 12.0 Å². The Hall–Kier alpha value is -2.84. The van der Waals surface area contributed by atoms with Crippen molar-refractivity contribution in [1.29, 1.82) is 5.26 Å². The lowest BCUT2D eigenvalue weighted by atomic mass is 9.98. The van der Waals surface area contributed by atoms with Crippen LogP contribution in [0.25, 0.3) is 11.1 Å². The van der Waals surface area contributed by atoms with Crippen LogP contribution in [0.5, 0.6) is 5.75 Å². The van der Waals surface area contributed by atoms with Crippen LogP contribution in [0.4, 0.5) is 0 Å². The molecule has 5 nitrogen and oxygen atoms in total. The largest absolute Gasteiger partial charge is 0.492 e. The van der Waals surface area contributed by atoms with Crippen LogP contribution in [-0.4, -0.2) is 56.0 Å². The summed E-state index contributed by atoms with van der Waals surface area (Å²) >= 11 is 0. The number of nitriles is 1. The van der Waals surface area contributed by atoms with E-state index < -0.39 is 0 Å². The highest BCUT2D eigenvalue weighted by molar-refractivity contribution is 5.95. The molecule has 1 amide bonds. The number of nitrogens with zero attached hydrogens (tertiary/aromatic N) is 3. The fourth-order valence-corrected chi connectivity index (χ4v) is 3.41. The van der Waals surface area contributed by atoms with Gasteiger partial charge < -0.3 is 14.5 Å². The fourth-order valence-electron chi connectivity index (χ4n) is 3.41. The van der Waals surface area contributed by atoms with Crippen molar-refractivity contribution < 1.29 is 9.53 Å². The monoisotopic (exact) mass is 377 g/mol. The van der Waals surface area contributed by atoms with Crippen molar-refractivity contribution in [2.75, 3.05) is 40.3 Å². The first-order valence-corrected chi connectivity index (χ1v) is 9.74. The number of likely N-dealkylation sites (N-methyl/N-ethyl adjacent to an activating group) is 1. The third-order valence-electron chi connectivity index (χ3n) is 5.02. The molecule has 1 fully saturated rings. The molecule has 0 unspecified atom stereocenters. The third kappa shape index (κ3) is 4.90. The molecule has 1 saturated heterocycles. The number of piperidine rings is 1. The van der Waals surface area contributed by atoms with E-state index in [1.165, 1.54) is 0 Å². The van der Waals surface area contributed by atoms with Crippen molar-refractivity contribution >= 4 is 5.91 Å². The van der Waals surface area contributed by atoms with Gasteiger partial charge in [-0.15, -0.1) is 0 Å². The van der Waals surface area contributed by atoms with Crippen LogP contribution in [0.1, 0.15) is 23.2 Å². The Morgan fingerprint density at radius 3 is 2.68 bits per heavy atom. The number of ether oxygens (including phenoxy) is 1. The van der Waals surface area contributed by atoms with E-state index in [4.69, 9.17) is 10.00 Å². The van der Waals surface area contributed by atoms with Gasteiger partial charge in [-0.2, -0.15) is 5.26 Å². The first-order chi connectivity index (χ1) is 13.6. The molecule has 0 radical (unpaired) electrons. The first kappa shape index (κ1) is 19.9. The van der Waals surface area contributed by atoms with E-state index in [1.807, 2.05) is 62.6 Å². The summed E-state index contributed by atoms with van der Waals surface area (Å²) < 4.78 is 5.95. The summed E-state index contributed by atoms with van der Waals surface area (Å²) in [7, 11) is 4.04. The second-order valence-corrected chi connectivity index (χ2v) is 7.44. The van der Waals surface area contributed by atoms with Crippen LogP contribution in [0, 0.1) is 17.2 Å². The molecule has 28 heavy (non-hydrogen) atoms. The molecule has 0 aromatic heterocycles. The number of hydrogen-bond donors (Lipinski definition) is 0. The molecule has 1 heterocycles. The van der Waals surface area contributed by atoms with Gasteiger partial charge in [0.25, 0.3) is 5.91 Å². The highest BCUT2D eigenvalue weighted by atomic mass is 16.5. The minimum absolute atomic E-state index is 0.00187. The Kier molecular flexibility index (Phi) is 6.67. The van der Waals surface area contributed by atoms with Crippen molar-refractivity contribution in [1.82, 2.24) is 9.80 Å². The number of benzene rings is 2. The Bertz CT molecular complexity index is 840. The molecule has 2 aromatic rings. The zero-order chi connectivity index (χ0) is 19.9. The Balaban J connectivity index is 1.72. The molecule has 0 spiro atoms. The van der Waals surface area contributed by atoms with Crippen LogP contribution in [0.3, 0.4) is 0 Å². The van der Waals surface area contributed by atoms with Gasteiger partial charge in [-0.05, 0) is 50.7 Å². The maximum absolute atomic E-state index is 12.8. The van der Waals surface area contributed by atoms with Gasteiger partial charge in [0.2, 0.25) is 0 Å². The molecule has 1 aliphatic heterocycles. The Morgan fingerprint density at radius 2 is 1.96 bits per heavy atom. The summed E-state index contributed by atoms with van der Waals surface area (Å²) in [5.74, 6) is 0.793. The van der Waals surface area contributed by atoms with Gasteiger partial charge in [0.15, 0.2) is 0 Å². The van der Waals surface area contributed by atoms with Crippen LogP contribution >= 0.6 is 0 Å². The SMILES string of the molecule is CN(C)CCOc1ccccc1-c1ccc(C(=O)N2CCC[C@@H](C#N)C2)cc1. The smallest absolute Gasteiger partial charge is 0.253 e. The van der Waals surface area contributed by atoms with E-state index >= 15 is 0 Å². The lowest BCUT2D eigenvalue weighted by molar-refractivity contribution is 0.0699. The average molecular weight is 377 g/mol. The topological polar surface area (TPSA) is 56.6 Å². The van der Waals surface area contributed by atoms with Gasteiger partial charge in [-0.3, -0.25) is 4.79 Å². The molecule has 5 heteroatoms. The van der Waals surface area contributed by atoms with Crippen molar-refractivity contribution in [2.45, 2.75) is 12.8 Å². The van der Waals surface area contributed by atoms with Crippen molar-refractivity contribution in [2.24, 2.45) is 5.92 Å². The molecule has 0 bridgehead atoms. The van der Waals surface area contributed by atoms with Gasteiger partial charge in [-0.1, -0.05) is 30.3 Å². The van der Waals surface area contributed by atoms with E-state index in [0.717, 1.165) is 42.8 Å². The lowest BCUT2D eigenvalue weighted by Gasteiger charge is -2.29. The molecule has 2 aromatic carbocycles. The van der Waals surface area contributed by atoms with E-state index in [0.29, 0.717) is 18.7 Å². The highest BCUT2D eigenvalue weighted by Crippen LogP contribution is 2.30. The maximum atomic E-state index is 12.8. The standard InChI is InChI=1S/C23H27N3O2/c1-25(2)14-15-28-22-8-4-3-7-21(22)19-9-11-20(12-10-19)23(27)26-13-5-6-18(16-24)17-26/h3-4,7-12,18H,5-6,13-15,17H2,1-2H3/t18-/m0/s1. The van der Waals surface area contributed by atoms with E-state index in [-0.39, 0.29) is 11.8 Å².